The molecule has 1 aromatic heterocycles. The molecule has 0 saturated carbocycles. The van der Waals surface area contributed by atoms with Crippen molar-refractivity contribution >= 4 is 17.3 Å². The number of anilines is 2. The molecule has 0 fully saturated rings. The van der Waals surface area contributed by atoms with E-state index in [4.69, 9.17) is 10.5 Å². The van der Waals surface area contributed by atoms with Crippen molar-refractivity contribution in [3.8, 4) is 5.75 Å². The van der Waals surface area contributed by atoms with Crippen LogP contribution in [0.1, 0.15) is 0 Å². The largest absolute Gasteiger partial charge is 0.497 e. The molecule has 3 N–H and O–H groups in total. The number of carbonyl (C=O) groups excluding carboxylic acids is 1. The lowest BCUT2D eigenvalue weighted by Crippen LogP contribution is -2.27. The minimum absolute atomic E-state index is 0.0961. The van der Waals surface area contributed by atoms with Crippen molar-refractivity contribution in [2.45, 2.75) is 6.54 Å². The maximum atomic E-state index is 11.9. The number of hydrogen-bond acceptors (Lipinski definition) is 4. The smallest absolute Gasteiger partial charge is 0.251 e. The van der Waals surface area contributed by atoms with E-state index in [1.165, 1.54) is 22.9 Å². The molecule has 0 aliphatic heterocycles. The molecule has 6 heteroatoms. The third-order valence-corrected chi connectivity index (χ3v) is 2.67. The SMILES string of the molecule is COc1cccc(NC(=O)Cn2cc(N)ccc2=O)c1. The summed E-state index contributed by atoms with van der Waals surface area (Å²) in [6.45, 7) is -0.0961. The van der Waals surface area contributed by atoms with Gasteiger partial charge in [0.05, 0.1) is 7.11 Å². The third-order valence-electron chi connectivity index (χ3n) is 2.67. The molecule has 6 nitrogen and oxygen atoms in total. The van der Waals surface area contributed by atoms with Gasteiger partial charge in [0.1, 0.15) is 12.3 Å². The quantitative estimate of drug-likeness (QED) is 0.872. The first kappa shape index (κ1) is 13.7. The average molecular weight is 273 g/mol. The normalized spacial score (nSPS) is 10.1. The number of nitrogens with zero attached hydrogens (tertiary/aromatic N) is 1. The maximum absolute atomic E-state index is 11.9. The number of pyridine rings is 1. The molecular weight excluding hydrogens is 258 g/mol. The molecule has 2 rings (SSSR count). The van der Waals surface area contributed by atoms with Crippen LogP contribution in [0.3, 0.4) is 0 Å². The summed E-state index contributed by atoms with van der Waals surface area (Å²) in [6, 6.07) is 9.80. The molecule has 0 spiro atoms. The molecule has 0 radical (unpaired) electrons. The molecule has 0 atom stereocenters. The van der Waals surface area contributed by atoms with E-state index in [1.807, 2.05) is 0 Å². The highest BCUT2D eigenvalue weighted by Gasteiger charge is 2.06. The summed E-state index contributed by atoms with van der Waals surface area (Å²) in [5.74, 6) is 0.329. The first-order valence-corrected chi connectivity index (χ1v) is 5.98. The van der Waals surface area contributed by atoms with Gasteiger partial charge in [0, 0.05) is 29.7 Å². The van der Waals surface area contributed by atoms with Gasteiger partial charge >= 0.3 is 0 Å². The highest BCUT2D eigenvalue weighted by molar-refractivity contribution is 5.90. The molecule has 1 aromatic carbocycles. The van der Waals surface area contributed by atoms with Crippen molar-refractivity contribution < 1.29 is 9.53 Å². The molecule has 104 valence electrons. The van der Waals surface area contributed by atoms with Crippen LogP contribution in [0.2, 0.25) is 0 Å². The number of hydrogen-bond donors (Lipinski definition) is 2. The molecule has 2 aromatic rings. The Balaban J connectivity index is 2.09. The number of aromatic nitrogens is 1. The van der Waals surface area contributed by atoms with Crippen molar-refractivity contribution in [2.24, 2.45) is 0 Å². The number of rotatable bonds is 4. The Morgan fingerprint density at radius 3 is 2.90 bits per heavy atom. The molecule has 0 aliphatic rings. The summed E-state index contributed by atoms with van der Waals surface area (Å²) >= 11 is 0. The highest BCUT2D eigenvalue weighted by atomic mass is 16.5. The van der Waals surface area contributed by atoms with Crippen LogP contribution in [-0.2, 0) is 11.3 Å². The summed E-state index contributed by atoms with van der Waals surface area (Å²) in [4.78, 5) is 23.5. The van der Waals surface area contributed by atoms with Crippen LogP contribution in [0, 0.1) is 0 Å². The fourth-order valence-corrected chi connectivity index (χ4v) is 1.73. The minimum Gasteiger partial charge on any atom is -0.497 e. The van der Waals surface area contributed by atoms with Gasteiger partial charge in [-0.3, -0.25) is 9.59 Å². The Morgan fingerprint density at radius 1 is 1.35 bits per heavy atom. The number of nitrogens with one attached hydrogen (secondary N) is 1. The summed E-state index contributed by atoms with van der Waals surface area (Å²) in [5, 5.41) is 2.69. The van der Waals surface area contributed by atoms with E-state index in [9.17, 15) is 9.59 Å². The Hall–Kier alpha value is -2.76. The van der Waals surface area contributed by atoms with Crippen LogP contribution in [0.25, 0.3) is 0 Å². The first-order chi connectivity index (χ1) is 9.58. The van der Waals surface area contributed by atoms with Crippen molar-refractivity contribution in [2.75, 3.05) is 18.2 Å². The van der Waals surface area contributed by atoms with Gasteiger partial charge in [0.15, 0.2) is 0 Å². The molecule has 1 amide bonds. The zero-order chi connectivity index (χ0) is 14.5. The predicted octanol–water partition coefficient (Wildman–Crippen LogP) is 1.08. The number of amides is 1. The monoisotopic (exact) mass is 273 g/mol. The summed E-state index contributed by atoms with van der Waals surface area (Å²) in [7, 11) is 1.55. The predicted molar refractivity (Wildman–Crippen MR) is 76.7 cm³/mol. The van der Waals surface area contributed by atoms with Gasteiger partial charge in [0.2, 0.25) is 5.91 Å². The van der Waals surface area contributed by atoms with Crippen molar-refractivity contribution in [3.63, 3.8) is 0 Å². The molecule has 0 aliphatic carbocycles. The standard InChI is InChI=1S/C14H15N3O3/c1-20-12-4-2-3-11(7-12)16-13(18)9-17-8-10(15)5-6-14(17)19/h2-8H,9,15H2,1H3,(H,16,18). The van der Waals surface area contributed by atoms with Crippen LogP contribution in [0.4, 0.5) is 11.4 Å². The van der Waals surface area contributed by atoms with Crippen molar-refractivity contribution in [3.05, 3.63) is 52.9 Å². The van der Waals surface area contributed by atoms with E-state index in [-0.39, 0.29) is 18.0 Å². The van der Waals surface area contributed by atoms with Crippen LogP contribution in [0.15, 0.2) is 47.4 Å². The number of nitrogen functional groups attached to an aromatic ring is 1. The zero-order valence-corrected chi connectivity index (χ0v) is 11.0. The first-order valence-electron chi connectivity index (χ1n) is 5.98. The van der Waals surface area contributed by atoms with Gasteiger partial charge in [-0.15, -0.1) is 0 Å². The summed E-state index contributed by atoms with van der Waals surface area (Å²) in [6.07, 6.45) is 1.44. The van der Waals surface area contributed by atoms with Gasteiger partial charge in [-0.1, -0.05) is 6.07 Å². The number of benzene rings is 1. The van der Waals surface area contributed by atoms with Gasteiger partial charge < -0.3 is 20.4 Å². The average Bonchev–Trinajstić information content (AvgIpc) is 2.43. The van der Waals surface area contributed by atoms with Crippen molar-refractivity contribution in [1.82, 2.24) is 4.57 Å². The molecule has 0 bridgehead atoms. The molecular formula is C14H15N3O3. The van der Waals surface area contributed by atoms with Crippen LogP contribution >= 0.6 is 0 Å². The summed E-state index contributed by atoms with van der Waals surface area (Å²) < 4.78 is 6.32. The second-order valence-corrected chi connectivity index (χ2v) is 4.21. The fourth-order valence-electron chi connectivity index (χ4n) is 1.73. The fraction of sp³-hybridized carbons (Fsp3) is 0.143. The van der Waals surface area contributed by atoms with Gasteiger partial charge in [0.25, 0.3) is 5.56 Å². The number of nitrogens with two attached hydrogens (primary N) is 1. The van der Waals surface area contributed by atoms with E-state index in [2.05, 4.69) is 5.32 Å². The number of carbonyl (C=O) groups is 1. The minimum atomic E-state index is -0.314. The second-order valence-electron chi connectivity index (χ2n) is 4.21. The molecule has 1 heterocycles. The Kier molecular flexibility index (Phi) is 4.05. The number of ether oxygens (including phenoxy) is 1. The second kappa shape index (κ2) is 5.92. The van der Waals surface area contributed by atoms with Crippen LogP contribution in [0.5, 0.6) is 5.75 Å². The zero-order valence-electron chi connectivity index (χ0n) is 11.0. The molecule has 20 heavy (non-hydrogen) atoms. The number of methoxy groups -OCH3 is 1. The Labute approximate surface area is 115 Å². The van der Waals surface area contributed by atoms with Crippen molar-refractivity contribution in [1.29, 1.82) is 0 Å². The lowest BCUT2D eigenvalue weighted by atomic mass is 10.3. The van der Waals surface area contributed by atoms with E-state index in [1.54, 1.807) is 31.4 Å². The highest BCUT2D eigenvalue weighted by Crippen LogP contribution is 2.16. The Bertz CT molecular complexity index is 679. The van der Waals surface area contributed by atoms with E-state index < -0.39 is 0 Å². The topological polar surface area (TPSA) is 86.3 Å². The van der Waals surface area contributed by atoms with E-state index >= 15 is 0 Å². The van der Waals surface area contributed by atoms with Gasteiger partial charge in [-0.2, -0.15) is 0 Å². The Morgan fingerprint density at radius 2 is 2.15 bits per heavy atom. The molecule has 0 unspecified atom stereocenters. The lowest BCUT2D eigenvalue weighted by Gasteiger charge is -2.09. The lowest BCUT2D eigenvalue weighted by molar-refractivity contribution is -0.116. The maximum Gasteiger partial charge on any atom is 0.251 e. The summed E-state index contributed by atoms with van der Waals surface area (Å²) in [5.41, 5.74) is 6.34. The van der Waals surface area contributed by atoms with E-state index in [0.717, 1.165) is 0 Å². The van der Waals surface area contributed by atoms with Gasteiger partial charge in [-0.25, -0.2) is 0 Å². The van der Waals surface area contributed by atoms with Crippen LogP contribution < -0.4 is 21.3 Å². The van der Waals surface area contributed by atoms with Gasteiger partial charge in [-0.05, 0) is 18.2 Å². The third kappa shape index (κ3) is 3.38. The van der Waals surface area contributed by atoms with E-state index in [0.29, 0.717) is 17.1 Å². The molecule has 0 saturated heterocycles. The van der Waals surface area contributed by atoms with Crippen LogP contribution in [-0.4, -0.2) is 17.6 Å².